The van der Waals surface area contributed by atoms with Crippen LogP contribution in [-0.4, -0.2) is 15.8 Å². The van der Waals surface area contributed by atoms with Gasteiger partial charge in [0.2, 0.25) is 0 Å². The van der Waals surface area contributed by atoms with Gasteiger partial charge in [0.15, 0.2) is 0 Å². The minimum absolute atomic E-state index is 0.576. The molecule has 0 bridgehead atoms. The Balaban J connectivity index is 1.53. The molecular weight excluding hydrogens is 334 g/mol. The van der Waals surface area contributed by atoms with Gasteiger partial charge in [0, 0.05) is 31.4 Å². The van der Waals surface area contributed by atoms with Gasteiger partial charge in [-0.05, 0) is 47.7 Å². The molecule has 140 valence electrons. The summed E-state index contributed by atoms with van der Waals surface area (Å²) in [6.07, 6.45) is 9.23. The molecule has 4 heteroatoms. The molecule has 0 unspecified atom stereocenters. The van der Waals surface area contributed by atoms with E-state index in [4.69, 9.17) is 4.74 Å². The van der Waals surface area contributed by atoms with Crippen molar-refractivity contribution >= 4 is 0 Å². The molecule has 27 heavy (non-hydrogen) atoms. The molecule has 1 aliphatic carbocycles. The number of aromatic nitrogens is 2. The van der Waals surface area contributed by atoms with Crippen LogP contribution in [-0.2, 0) is 20.2 Å². The normalized spacial score (nSPS) is 14.6. The summed E-state index contributed by atoms with van der Waals surface area (Å²) >= 11 is 0. The first-order valence-electron chi connectivity index (χ1n) is 9.79. The van der Waals surface area contributed by atoms with Crippen molar-refractivity contribution < 1.29 is 4.74 Å². The van der Waals surface area contributed by atoms with Crippen LogP contribution >= 0.6 is 0 Å². The van der Waals surface area contributed by atoms with Gasteiger partial charge in [-0.1, -0.05) is 43.2 Å². The predicted molar refractivity (Wildman–Crippen MR) is 109 cm³/mol. The van der Waals surface area contributed by atoms with E-state index in [0.29, 0.717) is 12.6 Å². The molecule has 4 nitrogen and oxygen atoms in total. The minimum atomic E-state index is 0.576. The van der Waals surface area contributed by atoms with E-state index in [9.17, 15) is 0 Å². The van der Waals surface area contributed by atoms with Crippen LogP contribution in [0.15, 0.2) is 60.9 Å². The van der Waals surface area contributed by atoms with Crippen LogP contribution in [0.1, 0.15) is 36.8 Å². The first-order valence-corrected chi connectivity index (χ1v) is 9.79. The maximum atomic E-state index is 6.12. The monoisotopic (exact) mass is 361 g/mol. The van der Waals surface area contributed by atoms with Crippen LogP contribution in [0.5, 0.6) is 5.75 Å². The third-order valence-electron chi connectivity index (χ3n) is 5.20. The smallest absolute Gasteiger partial charge is 0.120 e. The molecule has 2 aromatic carbocycles. The summed E-state index contributed by atoms with van der Waals surface area (Å²) in [6, 6.07) is 17.5. The Morgan fingerprint density at radius 3 is 2.59 bits per heavy atom. The molecule has 1 saturated carbocycles. The standard InChI is InChI=1S/C23H27N3O/c1-26-16-21(15-25-26)20-11-19(14-24-22-9-5-6-10-22)12-23(13-20)27-17-18-7-3-2-4-8-18/h2-4,7-8,11-13,15-16,22,24H,5-6,9-10,14,17H2,1H3. The molecule has 1 N–H and O–H groups in total. The van der Waals surface area contributed by atoms with Crippen molar-refractivity contribution in [3.8, 4) is 16.9 Å². The predicted octanol–water partition coefficient (Wildman–Crippen LogP) is 4.70. The number of aryl methyl sites for hydroxylation is 1. The number of nitrogens with one attached hydrogen (secondary N) is 1. The Morgan fingerprint density at radius 2 is 1.85 bits per heavy atom. The number of rotatable bonds is 7. The molecule has 0 atom stereocenters. The van der Waals surface area contributed by atoms with Gasteiger partial charge < -0.3 is 10.1 Å². The highest BCUT2D eigenvalue weighted by Crippen LogP contribution is 2.27. The maximum Gasteiger partial charge on any atom is 0.120 e. The number of benzene rings is 2. The number of hydrogen-bond donors (Lipinski definition) is 1. The third kappa shape index (κ3) is 4.77. The van der Waals surface area contributed by atoms with Gasteiger partial charge in [-0.2, -0.15) is 5.10 Å². The number of hydrogen-bond acceptors (Lipinski definition) is 3. The van der Waals surface area contributed by atoms with Crippen molar-refractivity contribution in [2.75, 3.05) is 0 Å². The largest absolute Gasteiger partial charge is 0.489 e. The Morgan fingerprint density at radius 1 is 1.04 bits per heavy atom. The van der Waals surface area contributed by atoms with Crippen molar-refractivity contribution in [3.05, 3.63) is 72.1 Å². The van der Waals surface area contributed by atoms with E-state index in [1.54, 1.807) is 0 Å². The molecule has 1 heterocycles. The van der Waals surface area contributed by atoms with Crippen molar-refractivity contribution in [2.45, 2.75) is 44.9 Å². The molecule has 0 amide bonds. The van der Waals surface area contributed by atoms with Gasteiger partial charge in [0.05, 0.1) is 6.20 Å². The molecular formula is C23H27N3O. The fraction of sp³-hybridized carbons (Fsp3) is 0.348. The number of ether oxygens (including phenoxy) is 1. The molecule has 4 rings (SSSR count). The van der Waals surface area contributed by atoms with Crippen LogP contribution in [0.3, 0.4) is 0 Å². The van der Waals surface area contributed by atoms with Gasteiger partial charge in [0.1, 0.15) is 12.4 Å². The van der Waals surface area contributed by atoms with Crippen LogP contribution in [0.2, 0.25) is 0 Å². The van der Waals surface area contributed by atoms with E-state index in [1.165, 1.54) is 36.8 Å². The van der Waals surface area contributed by atoms with E-state index < -0.39 is 0 Å². The summed E-state index contributed by atoms with van der Waals surface area (Å²) in [6.45, 7) is 1.45. The zero-order chi connectivity index (χ0) is 18.5. The second-order valence-corrected chi connectivity index (χ2v) is 7.40. The quantitative estimate of drug-likeness (QED) is 0.663. The second kappa shape index (κ2) is 8.40. The summed E-state index contributed by atoms with van der Waals surface area (Å²) in [5.74, 6) is 0.906. The van der Waals surface area contributed by atoms with Crippen molar-refractivity contribution in [3.63, 3.8) is 0 Å². The fourth-order valence-electron chi connectivity index (χ4n) is 3.72. The molecule has 0 spiro atoms. The van der Waals surface area contributed by atoms with Crippen molar-refractivity contribution in [1.29, 1.82) is 0 Å². The molecule has 0 radical (unpaired) electrons. The van der Waals surface area contributed by atoms with E-state index in [0.717, 1.165) is 23.4 Å². The highest BCUT2D eigenvalue weighted by molar-refractivity contribution is 5.64. The van der Waals surface area contributed by atoms with E-state index >= 15 is 0 Å². The Kier molecular flexibility index (Phi) is 5.54. The highest BCUT2D eigenvalue weighted by Gasteiger charge is 2.14. The third-order valence-corrected chi connectivity index (χ3v) is 5.20. The molecule has 1 aromatic heterocycles. The van der Waals surface area contributed by atoms with E-state index in [-0.39, 0.29) is 0 Å². The van der Waals surface area contributed by atoms with Crippen molar-refractivity contribution in [2.24, 2.45) is 7.05 Å². The topological polar surface area (TPSA) is 39.1 Å². The lowest BCUT2D eigenvalue weighted by atomic mass is 10.0. The van der Waals surface area contributed by atoms with Crippen LogP contribution in [0, 0.1) is 0 Å². The van der Waals surface area contributed by atoms with E-state index in [2.05, 4.69) is 40.7 Å². The maximum absolute atomic E-state index is 6.12. The molecule has 0 aliphatic heterocycles. The molecule has 1 fully saturated rings. The first-order chi connectivity index (χ1) is 13.3. The Labute approximate surface area is 161 Å². The fourth-order valence-corrected chi connectivity index (χ4v) is 3.72. The summed E-state index contributed by atoms with van der Waals surface area (Å²) < 4.78 is 7.96. The average Bonchev–Trinajstić information content (AvgIpc) is 3.37. The van der Waals surface area contributed by atoms with Crippen LogP contribution < -0.4 is 10.1 Å². The zero-order valence-electron chi connectivity index (χ0n) is 15.9. The van der Waals surface area contributed by atoms with Gasteiger partial charge in [-0.25, -0.2) is 0 Å². The molecule has 3 aromatic rings. The summed E-state index contributed by atoms with van der Waals surface area (Å²) in [4.78, 5) is 0. The van der Waals surface area contributed by atoms with E-state index in [1.807, 2.05) is 42.3 Å². The van der Waals surface area contributed by atoms with Gasteiger partial charge in [0.25, 0.3) is 0 Å². The van der Waals surface area contributed by atoms with Gasteiger partial charge >= 0.3 is 0 Å². The van der Waals surface area contributed by atoms with Crippen LogP contribution in [0.25, 0.3) is 11.1 Å². The SMILES string of the molecule is Cn1cc(-c2cc(CNC3CCCC3)cc(OCc3ccccc3)c2)cn1. The first kappa shape index (κ1) is 17.8. The molecule has 0 saturated heterocycles. The van der Waals surface area contributed by atoms with Crippen LogP contribution in [0.4, 0.5) is 0 Å². The number of nitrogens with zero attached hydrogens (tertiary/aromatic N) is 2. The van der Waals surface area contributed by atoms with Crippen molar-refractivity contribution in [1.82, 2.24) is 15.1 Å². The summed E-state index contributed by atoms with van der Waals surface area (Å²) in [5, 5.41) is 8.02. The summed E-state index contributed by atoms with van der Waals surface area (Å²) in [7, 11) is 1.95. The lowest BCUT2D eigenvalue weighted by Crippen LogP contribution is -2.25. The van der Waals surface area contributed by atoms with Gasteiger partial charge in [-0.15, -0.1) is 0 Å². The molecule has 1 aliphatic rings. The zero-order valence-corrected chi connectivity index (χ0v) is 15.9. The Hall–Kier alpha value is -2.59. The second-order valence-electron chi connectivity index (χ2n) is 7.40. The lowest BCUT2D eigenvalue weighted by Gasteiger charge is -2.14. The van der Waals surface area contributed by atoms with Gasteiger partial charge in [-0.3, -0.25) is 4.68 Å². The minimum Gasteiger partial charge on any atom is -0.489 e. The lowest BCUT2D eigenvalue weighted by molar-refractivity contribution is 0.306. The highest BCUT2D eigenvalue weighted by atomic mass is 16.5. The summed E-state index contributed by atoms with van der Waals surface area (Å²) in [5.41, 5.74) is 4.70. The Bertz CT molecular complexity index is 866. The average molecular weight is 361 g/mol.